The topological polar surface area (TPSA) is 55.4 Å². The van der Waals surface area contributed by atoms with Crippen molar-refractivity contribution in [1.82, 2.24) is 5.32 Å². The molecule has 0 saturated heterocycles. The Morgan fingerprint density at radius 1 is 1.16 bits per heavy atom. The van der Waals surface area contributed by atoms with E-state index in [2.05, 4.69) is 19.2 Å². The summed E-state index contributed by atoms with van der Waals surface area (Å²) in [6.07, 6.45) is 8.51. The number of nitrogens with one attached hydrogen (secondary N) is 1. The zero-order chi connectivity index (χ0) is 14.1. The Balaban J connectivity index is 2.18. The summed E-state index contributed by atoms with van der Waals surface area (Å²) in [5.74, 6) is -0.706. The first-order chi connectivity index (χ1) is 9.09. The average Bonchev–Trinajstić information content (AvgIpc) is 2.62. The summed E-state index contributed by atoms with van der Waals surface area (Å²) in [6.45, 7) is 4.59. The first-order valence-corrected chi connectivity index (χ1v) is 7.57. The summed E-state index contributed by atoms with van der Waals surface area (Å²) < 4.78 is 4.98. The van der Waals surface area contributed by atoms with E-state index in [-0.39, 0.29) is 6.04 Å². The van der Waals surface area contributed by atoms with Crippen molar-refractivity contribution in [1.29, 1.82) is 0 Å². The molecule has 1 fully saturated rings. The second-order valence-electron chi connectivity index (χ2n) is 5.83. The fourth-order valence-electron chi connectivity index (χ4n) is 2.39. The van der Waals surface area contributed by atoms with Gasteiger partial charge >= 0.3 is 11.9 Å². The van der Waals surface area contributed by atoms with Gasteiger partial charge < -0.3 is 10.1 Å². The van der Waals surface area contributed by atoms with E-state index in [0.29, 0.717) is 12.5 Å². The van der Waals surface area contributed by atoms with Crippen molar-refractivity contribution in [3.8, 4) is 0 Å². The summed E-state index contributed by atoms with van der Waals surface area (Å²) in [6, 6.07) is 0.151. The van der Waals surface area contributed by atoms with Gasteiger partial charge in [-0.1, -0.05) is 39.5 Å². The summed E-state index contributed by atoms with van der Waals surface area (Å²) in [4.78, 5) is 23.2. The third-order valence-corrected chi connectivity index (χ3v) is 3.53. The highest BCUT2D eigenvalue weighted by Crippen LogP contribution is 2.17. The van der Waals surface area contributed by atoms with Crippen LogP contribution in [0, 0.1) is 5.92 Å². The van der Waals surface area contributed by atoms with Crippen molar-refractivity contribution in [2.45, 2.75) is 71.3 Å². The van der Waals surface area contributed by atoms with E-state index in [1.54, 1.807) is 0 Å². The van der Waals surface area contributed by atoms with E-state index in [9.17, 15) is 9.59 Å². The monoisotopic (exact) mass is 269 g/mol. The van der Waals surface area contributed by atoms with Crippen LogP contribution in [-0.2, 0) is 14.3 Å². The summed E-state index contributed by atoms with van der Waals surface area (Å²) in [5.41, 5.74) is 0. The third kappa shape index (κ3) is 7.19. The molecule has 110 valence electrons. The lowest BCUT2D eigenvalue weighted by Gasteiger charge is -2.15. The van der Waals surface area contributed by atoms with Gasteiger partial charge in [0.1, 0.15) is 0 Å². The molecule has 0 spiro atoms. The minimum Gasteiger partial charge on any atom is -0.459 e. The van der Waals surface area contributed by atoms with E-state index in [1.165, 1.54) is 12.8 Å². The predicted molar refractivity (Wildman–Crippen MR) is 74.7 cm³/mol. The van der Waals surface area contributed by atoms with Crippen LogP contribution in [0.4, 0.5) is 0 Å². The van der Waals surface area contributed by atoms with Gasteiger partial charge in [-0.2, -0.15) is 0 Å². The Morgan fingerprint density at radius 2 is 1.79 bits per heavy atom. The molecule has 0 aromatic heterocycles. The van der Waals surface area contributed by atoms with Crippen LogP contribution in [-0.4, -0.2) is 24.5 Å². The fourth-order valence-corrected chi connectivity index (χ4v) is 2.39. The van der Waals surface area contributed by atoms with Crippen molar-refractivity contribution in [2.24, 2.45) is 5.92 Å². The van der Waals surface area contributed by atoms with Crippen LogP contribution in [0.15, 0.2) is 0 Å². The molecular formula is C15H27NO3. The smallest absolute Gasteiger partial charge is 0.396 e. The van der Waals surface area contributed by atoms with Gasteiger partial charge in [-0.05, 0) is 31.6 Å². The van der Waals surface area contributed by atoms with Crippen LogP contribution in [0.25, 0.3) is 0 Å². The molecule has 19 heavy (non-hydrogen) atoms. The van der Waals surface area contributed by atoms with Gasteiger partial charge in [0.05, 0.1) is 6.61 Å². The van der Waals surface area contributed by atoms with Crippen LogP contribution < -0.4 is 5.32 Å². The molecule has 1 N–H and O–H groups in total. The van der Waals surface area contributed by atoms with E-state index in [1.807, 2.05) is 0 Å². The van der Waals surface area contributed by atoms with Crippen molar-refractivity contribution in [2.75, 3.05) is 6.61 Å². The highest BCUT2D eigenvalue weighted by molar-refractivity contribution is 6.32. The largest absolute Gasteiger partial charge is 0.459 e. The highest BCUT2D eigenvalue weighted by Gasteiger charge is 2.20. The van der Waals surface area contributed by atoms with Gasteiger partial charge in [0, 0.05) is 6.04 Å². The van der Waals surface area contributed by atoms with Crippen molar-refractivity contribution < 1.29 is 14.3 Å². The lowest BCUT2D eigenvalue weighted by molar-refractivity contribution is -0.155. The molecule has 0 aromatic carbocycles. The first kappa shape index (κ1) is 16.0. The average molecular weight is 269 g/mol. The molecule has 0 aromatic rings. The Hall–Kier alpha value is -1.06. The predicted octanol–water partition coefficient (Wildman–Crippen LogP) is 2.80. The molecule has 1 rings (SSSR count). The van der Waals surface area contributed by atoms with Gasteiger partial charge in [0.25, 0.3) is 0 Å². The molecule has 0 heterocycles. The molecule has 0 bridgehead atoms. The van der Waals surface area contributed by atoms with Gasteiger partial charge in [0.2, 0.25) is 0 Å². The van der Waals surface area contributed by atoms with Crippen LogP contribution in [0.3, 0.4) is 0 Å². The first-order valence-electron chi connectivity index (χ1n) is 7.57. The number of ether oxygens (including phenoxy) is 1. The molecule has 4 heteroatoms. The maximum Gasteiger partial charge on any atom is 0.396 e. The number of carbonyl (C=O) groups is 2. The van der Waals surface area contributed by atoms with Crippen molar-refractivity contribution in [3.63, 3.8) is 0 Å². The minimum absolute atomic E-state index is 0.151. The Labute approximate surface area is 116 Å². The number of hydrogen-bond donors (Lipinski definition) is 1. The van der Waals surface area contributed by atoms with Crippen molar-refractivity contribution in [3.05, 3.63) is 0 Å². The lowest BCUT2D eigenvalue weighted by Crippen LogP contribution is -2.40. The SMILES string of the molecule is CC(C)CCCOC(=O)C(=O)NC1CCCCCC1. The molecule has 0 atom stereocenters. The lowest BCUT2D eigenvalue weighted by atomic mass is 10.1. The van der Waals surface area contributed by atoms with E-state index >= 15 is 0 Å². The molecule has 1 aliphatic carbocycles. The van der Waals surface area contributed by atoms with Gasteiger partial charge in [-0.3, -0.25) is 4.79 Å². The summed E-state index contributed by atoms with van der Waals surface area (Å²) >= 11 is 0. The van der Waals surface area contributed by atoms with Crippen LogP contribution >= 0.6 is 0 Å². The maximum absolute atomic E-state index is 11.7. The zero-order valence-electron chi connectivity index (χ0n) is 12.2. The summed E-state index contributed by atoms with van der Waals surface area (Å²) in [5, 5.41) is 2.79. The number of carbonyl (C=O) groups excluding carboxylic acids is 2. The van der Waals surface area contributed by atoms with Crippen LogP contribution in [0.2, 0.25) is 0 Å². The molecule has 1 amide bonds. The maximum atomic E-state index is 11.7. The van der Waals surface area contributed by atoms with Crippen LogP contribution in [0.1, 0.15) is 65.2 Å². The van der Waals surface area contributed by atoms with Crippen LogP contribution in [0.5, 0.6) is 0 Å². The third-order valence-electron chi connectivity index (χ3n) is 3.53. The minimum atomic E-state index is -0.729. The molecule has 0 aliphatic heterocycles. The number of hydrogen-bond acceptors (Lipinski definition) is 3. The molecule has 4 nitrogen and oxygen atoms in total. The number of amides is 1. The second kappa shape index (κ2) is 8.94. The van der Waals surface area contributed by atoms with Crippen molar-refractivity contribution >= 4 is 11.9 Å². The Bertz CT molecular complexity index is 281. The van der Waals surface area contributed by atoms with E-state index < -0.39 is 11.9 Å². The molecular weight excluding hydrogens is 242 g/mol. The quantitative estimate of drug-likeness (QED) is 0.361. The van der Waals surface area contributed by atoms with E-state index in [0.717, 1.165) is 38.5 Å². The van der Waals surface area contributed by atoms with Gasteiger partial charge in [0.15, 0.2) is 0 Å². The standard InChI is InChI=1S/C15H27NO3/c1-12(2)8-7-11-19-15(18)14(17)16-13-9-5-3-4-6-10-13/h12-13H,3-11H2,1-2H3,(H,16,17). The highest BCUT2D eigenvalue weighted by atomic mass is 16.5. The second-order valence-corrected chi connectivity index (χ2v) is 5.83. The van der Waals surface area contributed by atoms with Gasteiger partial charge in [-0.15, -0.1) is 0 Å². The molecule has 1 aliphatic rings. The van der Waals surface area contributed by atoms with Gasteiger partial charge in [-0.25, -0.2) is 4.79 Å². The molecule has 0 unspecified atom stereocenters. The zero-order valence-corrected chi connectivity index (χ0v) is 12.2. The summed E-state index contributed by atoms with van der Waals surface area (Å²) in [7, 11) is 0. The normalized spacial score (nSPS) is 17.0. The Kier molecular flexibility index (Phi) is 7.53. The number of rotatable bonds is 5. The Morgan fingerprint density at radius 3 is 2.37 bits per heavy atom. The van der Waals surface area contributed by atoms with E-state index in [4.69, 9.17) is 4.74 Å². The molecule has 1 saturated carbocycles. The fraction of sp³-hybridized carbons (Fsp3) is 0.867. The molecule has 0 radical (unpaired) electrons. The number of esters is 1.